The van der Waals surface area contributed by atoms with Crippen molar-refractivity contribution in [2.45, 2.75) is 55.9 Å². The number of imide groups is 1. The first-order chi connectivity index (χ1) is 14.5. The number of benzene rings is 1. The summed E-state index contributed by atoms with van der Waals surface area (Å²) in [5, 5.41) is 5.28. The molecule has 4 aliphatic rings. The molecule has 0 atom stereocenters. The predicted molar refractivity (Wildman–Crippen MR) is 112 cm³/mol. The van der Waals surface area contributed by atoms with Gasteiger partial charge in [0.05, 0.1) is 10.5 Å². The Morgan fingerprint density at radius 2 is 1.65 bits per heavy atom. The zero-order valence-corrected chi connectivity index (χ0v) is 18.6. The SMILES string of the molecule is Cc1ccc(S(C)(=O)=O)cc1C(=O)OCC(=O)NC(=O)NC12CC3CC(CC(C3)C1)C2. The van der Waals surface area contributed by atoms with Gasteiger partial charge in [0.2, 0.25) is 0 Å². The summed E-state index contributed by atoms with van der Waals surface area (Å²) in [6, 6.07) is 3.58. The Morgan fingerprint density at radius 3 is 2.19 bits per heavy atom. The summed E-state index contributed by atoms with van der Waals surface area (Å²) in [6.07, 6.45) is 7.68. The highest BCUT2D eigenvalue weighted by molar-refractivity contribution is 7.90. The van der Waals surface area contributed by atoms with Crippen molar-refractivity contribution in [3.63, 3.8) is 0 Å². The fourth-order valence-electron chi connectivity index (χ4n) is 5.96. The van der Waals surface area contributed by atoms with E-state index in [2.05, 4.69) is 10.6 Å². The van der Waals surface area contributed by atoms with Gasteiger partial charge in [-0.25, -0.2) is 18.0 Å². The zero-order valence-electron chi connectivity index (χ0n) is 17.8. The van der Waals surface area contributed by atoms with Crippen LogP contribution in [0.15, 0.2) is 23.1 Å². The van der Waals surface area contributed by atoms with E-state index in [0.29, 0.717) is 23.3 Å². The lowest BCUT2D eigenvalue weighted by Crippen LogP contribution is -2.62. The molecule has 0 aliphatic heterocycles. The first-order valence-corrected chi connectivity index (χ1v) is 12.5. The number of amides is 3. The van der Waals surface area contributed by atoms with Crippen LogP contribution in [0, 0.1) is 24.7 Å². The maximum Gasteiger partial charge on any atom is 0.338 e. The number of ether oxygens (including phenoxy) is 1. The Morgan fingerprint density at radius 1 is 1.06 bits per heavy atom. The third kappa shape index (κ3) is 4.76. The van der Waals surface area contributed by atoms with Crippen molar-refractivity contribution in [2.75, 3.05) is 12.9 Å². The van der Waals surface area contributed by atoms with Gasteiger partial charge >= 0.3 is 12.0 Å². The highest BCUT2D eigenvalue weighted by atomic mass is 32.2. The second-order valence-electron chi connectivity index (χ2n) is 9.53. The van der Waals surface area contributed by atoms with Crippen molar-refractivity contribution in [3.8, 4) is 0 Å². The number of urea groups is 1. The minimum Gasteiger partial charge on any atom is -0.452 e. The van der Waals surface area contributed by atoms with Crippen LogP contribution in [-0.4, -0.2) is 44.7 Å². The number of rotatable bonds is 5. The Balaban J connectivity index is 1.30. The standard InChI is InChI=1S/C22H28N2O6S/c1-13-3-4-17(31(2,28)29)8-18(13)20(26)30-12-19(25)23-21(27)24-22-9-14-5-15(10-22)7-16(6-14)11-22/h3-4,8,14-16H,5-7,9-12H2,1-2H3,(H2,23,24,25,27). The Hall–Kier alpha value is -2.42. The highest BCUT2D eigenvalue weighted by Crippen LogP contribution is 2.55. The van der Waals surface area contributed by atoms with E-state index in [0.717, 1.165) is 25.5 Å². The van der Waals surface area contributed by atoms with Crippen LogP contribution in [0.5, 0.6) is 0 Å². The fourth-order valence-corrected chi connectivity index (χ4v) is 6.61. The van der Waals surface area contributed by atoms with Crippen molar-refractivity contribution < 1.29 is 27.5 Å². The van der Waals surface area contributed by atoms with Crippen molar-refractivity contribution in [1.82, 2.24) is 10.6 Å². The van der Waals surface area contributed by atoms with Crippen molar-refractivity contribution in [1.29, 1.82) is 0 Å². The van der Waals surface area contributed by atoms with E-state index in [-0.39, 0.29) is 16.0 Å². The van der Waals surface area contributed by atoms with E-state index in [1.54, 1.807) is 6.92 Å². The van der Waals surface area contributed by atoms with Gasteiger partial charge in [-0.15, -0.1) is 0 Å². The molecule has 0 unspecified atom stereocenters. The van der Waals surface area contributed by atoms with Crippen LogP contribution in [-0.2, 0) is 19.4 Å². The first kappa shape index (κ1) is 21.8. The quantitative estimate of drug-likeness (QED) is 0.668. The molecular formula is C22H28N2O6S. The molecule has 1 aromatic carbocycles. The van der Waals surface area contributed by atoms with Crippen LogP contribution >= 0.6 is 0 Å². The van der Waals surface area contributed by atoms with Gasteiger partial charge < -0.3 is 10.1 Å². The lowest BCUT2D eigenvalue weighted by atomic mass is 9.53. The van der Waals surface area contributed by atoms with Crippen molar-refractivity contribution >= 4 is 27.7 Å². The average molecular weight is 449 g/mol. The molecule has 0 radical (unpaired) electrons. The lowest BCUT2D eigenvalue weighted by Gasteiger charge is -2.56. The molecule has 0 aromatic heterocycles. The van der Waals surface area contributed by atoms with E-state index < -0.39 is 34.4 Å². The molecule has 31 heavy (non-hydrogen) atoms. The van der Waals surface area contributed by atoms with E-state index in [1.807, 2.05) is 0 Å². The van der Waals surface area contributed by atoms with Gasteiger partial charge in [-0.3, -0.25) is 10.1 Å². The summed E-state index contributed by atoms with van der Waals surface area (Å²) in [5.74, 6) is 0.435. The van der Waals surface area contributed by atoms with E-state index in [4.69, 9.17) is 4.74 Å². The largest absolute Gasteiger partial charge is 0.452 e. The number of carbonyl (C=O) groups excluding carboxylic acids is 3. The molecule has 168 valence electrons. The molecule has 9 heteroatoms. The van der Waals surface area contributed by atoms with Crippen LogP contribution in [0.2, 0.25) is 0 Å². The van der Waals surface area contributed by atoms with Gasteiger partial charge in [-0.05, 0) is 80.9 Å². The molecule has 4 saturated carbocycles. The fraction of sp³-hybridized carbons (Fsp3) is 0.591. The predicted octanol–water partition coefficient (Wildman–Crippen LogP) is 2.35. The molecule has 4 fully saturated rings. The number of nitrogens with one attached hydrogen (secondary N) is 2. The molecule has 0 saturated heterocycles. The zero-order chi connectivity index (χ0) is 22.4. The number of hydrogen-bond acceptors (Lipinski definition) is 6. The molecule has 0 heterocycles. The second kappa shape index (κ2) is 7.93. The molecule has 0 spiro atoms. The van der Waals surface area contributed by atoms with Gasteiger partial charge in [0.1, 0.15) is 0 Å². The Kier molecular flexibility index (Phi) is 5.57. The summed E-state index contributed by atoms with van der Waals surface area (Å²) < 4.78 is 28.4. The molecule has 1 aromatic rings. The third-order valence-electron chi connectivity index (χ3n) is 6.86. The molecule has 4 bridgehead atoms. The molecular weight excluding hydrogens is 420 g/mol. The summed E-state index contributed by atoms with van der Waals surface area (Å²) in [5.41, 5.74) is 0.366. The minimum atomic E-state index is -3.49. The van der Waals surface area contributed by atoms with Crippen LogP contribution in [0.4, 0.5) is 4.79 Å². The van der Waals surface area contributed by atoms with Crippen LogP contribution in [0.3, 0.4) is 0 Å². The highest BCUT2D eigenvalue weighted by Gasteiger charge is 2.51. The van der Waals surface area contributed by atoms with Gasteiger partial charge in [-0.2, -0.15) is 0 Å². The monoisotopic (exact) mass is 448 g/mol. The van der Waals surface area contributed by atoms with Gasteiger partial charge in [-0.1, -0.05) is 6.07 Å². The number of hydrogen-bond donors (Lipinski definition) is 2. The van der Waals surface area contributed by atoms with Crippen LogP contribution in [0.25, 0.3) is 0 Å². The maximum atomic E-state index is 12.4. The molecule has 4 aliphatic carbocycles. The van der Waals surface area contributed by atoms with E-state index in [9.17, 15) is 22.8 Å². The molecule has 3 amide bonds. The summed E-state index contributed by atoms with van der Waals surface area (Å²) in [7, 11) is -3.49. The van der Waals surface area contributed by atoms with Crippen LogP contribution in [0.1, 0.15) is 54.4 Å². The molecule has 8 nitrogen and oxygen atoms in total. The maximum absolute atomic E-state index is 12.4. The first-order valence-electron chi connectivity index (χ1n) is 10.6. The second-order valence-corrected chi connectivity index (χ2v) is 11.5. The number of sulfone groups is 1. The van der Waals surface area contributed by atoms with Crippen molar-refractivity contribution in [2.24, 2.45) is 17.8 Å². The smallest absolute Gasteiger partial charge is 0.338 e. The Bertz CT molecular complexity index is 997. The number of esters is 1. The summed E-state index contributed by atoms with van der Waals surface area (Å²) in [6.45, 7) is 1.01. The lowest BCUT2D eigenvalue weighted by molar-refractivity contribution is -0.123. The Labute approximate surface area is 182 Å². The number of carbonyl (C=O) groups is 3. The van der Waals surface area contributed by atoms with Gasteiger partial charge in [0.25, 0.3) is 5.91 Å². The van der Waals surface area contributed by atoms with Gasteiger partial charge in [0.15, 0.2) is 16.4 Å². The average Bonchev–Trinajstić information content (AvgIpc) is 2.63. The summed E-state index contributed by atoms with van der Waals surface area (Å²) >= 11 is 0. The molecule has 5 rings (SSSR count). The summed E-state index contributed by atoms with van der Waals surface area (Å²) in [4.78, 5) is 36.9. The van der Waals surface area contributed by atoms with E-state index in [1.165, 1.54) is 37.5 Å². The normalized spacial score (nSPS) is 28.8. The minimum absolute atomic E-state index is 0.00977. The van der Waals surface area contributed by atoms with Gasteiger partial charge in [0, 0.05) is 11.8 Å². The van der Waals surface area contributed by atoms with Crippen LogP contribution < -0.4 is 10.6 Å². The number of aryl methyl sites for hydroxylation is 1. The topological polar surface area (TPSA) is 119 Å². The van der Waals surface area contributed by atoms with E-state index >= 15 is 0 Å². The third-order valence-corrected chi connectivity index (χ3v) is 7.97. The van der Waals surface area contributed by atoms with Crippen molar-refractivity contribution in [3.05, 3.63) is 29.3 Å². The molecule has 2 N–H and O–H groups in total.